The van der Waals surface area contributed by atoms with E-state index in [9.17, 15) is 9.59 Å². The second-order valence-electron chi connectivity index (χ2n) is 5.40. The largest absolute Gasteiger partial charge is 0.492 e. The number of allylic oxidation sites excluding steroid dienone is 3. The zero-order valence-corrected chi connectivity index (χ0v) is 13.1. The maximum atomic E-state index is 12.7. The van der Waals surface area contributed by atoms with Crippen molar-refractivity contribution in [3.8, 4) is 0 Å². The number of rotatable bonds is 4. The van der Waals surface area contributed by atoms with E-state index in [0.29, 0.717) is 41.1 Å². The Bertz CT molecular complexity index is 772. The van der Waals surface area contributed by atoms with E-state index in [0.717, 1.165) is 5.70 Å². The number of ether oxygens (including phenoxy) is 1. The Morgan fingerprint density at radius 3 is 2.48 bits per heavy atom. The van der Waals surface area contributed by atoms with Crippen molar-refractivity contribution in [3.05, 3.63) is 70.3 Å². The number of hydrazine groups is 1. The third-order valence-electron chi connectivity index (χ3n) is 3.93. The smallest absolute Gasteiger partial charge is 0.190 e. The molecular weight excluding hydrogens is 292 g/mol. The van der Waals surface area contributed by atoms with Gasteiger partial charge < -0.3 is 15.6 Å². The first-order valence-electron chi connectivity index (χ1n) is 7.55. The molecule has 1 aliphatic heterocycles. The molecule has 2 N–H and O–H groups in total. The standard InChI is InChI=1S/C18H18N2O3/c1-3-23-13-8-12(20-19-10-13)9-16-11(2)17(21)14-6-4-5-7-15(14)18(16)22/h4-8,10,19-20H,3,9H2,1-2H3. The molecule has 0 saturated heterocycles. The van der Waals surface area contributed by atoms with Crippen LogP contribution in [0.3, 0.4) is 0 Å². The summed E-state index contributed by atoms with van der Waals surface area (Å²) < 4.78 is 5.45. The van der Waals surface area contributed by atoms with E-state index in [1.807, 2.05) is 13.0 Å². The Kier molecular flexibility index (Phi) is 4.02. The number of nitrogens with one attached hydrogen (secondary N) is 2. The van der Waals surface area contributed by atoms with Gasteiger partial charge in [0.25, 0.3) is 0 Å². The highest BCUT2D eigenvalue weighted by atomic mass is 16.5. The lowest BCUT2D eigenvalue weighted by atomic mass is 9.83. The van der Waals surface area contributed by atoms with Gasteiger partial charge in [-0.05, 0) is 13.8 Å². The molecule has 3 rings (SSSR count). The van der Waals surface area contributed by atoms with E-state index in [1.165, 1.54) is 0 Å². The Hall–Kier alpha value is -2.82. The molecule has 0 atom stereocenters. The molecule has 1 aromatic carbocycles. The van der Waals surface area contributed by atoms with Crippen molar-refractivity contribution >= 4 is 11.6 Å². The second kappa shape index (κ2) is 6.12. The molecule has 5 heteroatoms. The molecule has 0 unspecified atom stereocenters. The number of Topliss-reactive ketones (excluding diaryl/α,β-unsaturated/α-hetero) is 2. The minimum Gasteiger partial charge on any atom is -0.492 e. The van der Waals surface area contributed by atoms with Crippen molar-refractivity contribution < 1.29 is 14.3 Å². The van der Waals surface area contributed by atoms with Crippen LogP contribution in [-0.2, 0) is 4.74 Å². The van der Waals surface area contributed by atoms with Crippen LogP contribution in [0.5, 0.6) is 0 Å². The van der Waals surface area contributed by atoms with Crippen molar-refractivity contribution in [2.75, 3.05) is 6.61 Å². The summed E-state index contributed by atoms with van der Waals surface area (Å²) in [4.78, 5) is 25.2. The minimum absolute atomic E-state index is 0.0832. The highest BCUT2D eigenvalue weighted by Gasteiger charge is 2.30. The van der Waals surface area contributed by atoms with Crippen molar-refractivity contribution in [2.45, 2.75) is 20.3 Å². The Morgan fingerprint density at radius 1 is 1.09 bits per heavy atom. The molecule has 0 bridgehead atoms. The molecule has 1 heterocycles. The summed E-state index contributed by atoms with van der Waals surface area (Å²) in [5.74, 6) is 0.516. The first kappa shape index (κ1) is 15.1. The van der Waals surface area contributed by atoms with E-state index in [1.54, 1.807) is 37.4 Å². The molecule has 2 aliphatic rings. The summed E-state index contributed by atoms with van der Waals surface area (Å²) in [7, 11) is 0. The fourth-order valence-electron chi connectivity index (χ4n) is 2.75. The van der Waals surface area contributed by atoms with Gasteiger partial charge in [0, 0.05) is 40.5 Å². The number of carbonyl (C=O) groups excluding carboxylic acids is 2. The lowest BCUT2D eigenvalue weighted by Crippen LogP contribution is -2.31. The van der Waals surface area contributed by atoms with Crippen molar-refractivity contribution in [1.82, 2.24) is 10.9 Å². The van der Waals surface area contributed by atoms with Crippen LogP contribution < -0.4 is 10.9 Å². The summed E-state index contributed by atoms with van der Waals surface area (Å²) in [6, 6.07) is 6.95. The van der Waals surface area contributed by atoms with Gasteiger partial charge in [-0.2, -0.15) is 0 Å². The number of benzene rings is 1. The monoisotopic (exact) mass is 310 g/mol. The number of hydrogen-bond donors (Lipinski definition) is 2. The topological polar surface area (TPSA) is 67.4 Å². The number of ketones is 2. The van der Waals surface area contributed by atoms with Gasteiger partial charge in [0.05, 0.1) is 12.8 Å². The predicted octanol–water partition coefficient (Wildman–Crippen LogP) is 2.64. The van der Waals surface area contributed by atoms with E-state index in [2.05, 4.69) is 10.9 Å². The first-order chi connectivity index (χ1) is 11.1. The molecule has 0 spiro atoms. The average Bonchev–Trinajstić information content (AvgIpc) is 2.57. The van der Waals surface area contributed by atoms with Crippen LogP contribution in [0.4, 0.5) is 0 Å². The number of fused-ring (bicyclic) bond motifs is 1. The first-order valence-corrected chi connectivity index (χ1v) is 7.55. The van der Waals surface area contributed by atoms with E-state index < -0.39 is 0 Å². The Labute approximate surface area is 134 Å². The summed E-state index contributed by atoms with van der Waals surface area (Å²) >= 11 is 0. The maximum Gasteiger partial charge on any atom is 0.190 e. The van der Waals surface area contributed by atoms with Crippen molar-refractivity contribution in [1.29, 1.82) is 0 Å². The molecular formula is C18H18N2O3. The van der Waals surface area contributed by atoms with Gasteiger partial charge in [0.2, 0.25) is 0 Å². The molecule has 0 radical (unpaired) electrons. The predicted molar refractivity (Wildman–Crippen MR) is 86.5 cm³/mol. The molecule has 0 fully saturated rings. The van der Waals surface area contributed by atoms with Gasteiger partial charge in [-0.25, -0.2) is 0 Å². The van der Waals surface area contributed by atoms with Crippen molar-refractivity contribution in [2.24, 2.45) is 0 Å². The second-order valence-corrected chi connectivity index (χ2v) is 5.40. The van der Waals surface area contributed by atoms with Crippen LogP contribution in [0.25, 0.3) is 0 Å². The molecule has 1 aliphatic carbocycles. The minimum atomic E-state index is -0.0899. The van der Waals surface area contributed by atoms with Crippen LogP contribution in [0, 0.1) is 0 Å². The van der Waals surface area contributed by atoms with Crippen LogP contribution in [0.15, 0.2) is 59.1 Å². The van der Waals surface area contributed by atoms with Crippen LogP contribution >= 0.6 is 0 Å². The molecule has 118 valence electrons. The SMILES string of the molecule is CCOC1=CNNC(CC2=C(C)C(=O)c3ccccc3C2=O)=C1. The summed E-state index contributed by atoms with van der Waals surface area (Å²) in [6.45, 7) is 4.18. The van der Waals surface area contributed by atoms with Gasteiger partial charge in [0.1, 0.15) is 5.76 Å². The molecule has 0 amide bonds. The number of carbonyl (C=O) groups is 2. The highest BCUT2D eigenvalue weighted by Crippen LogP contribution is 2.29. The van der Waals surface area contributed by atoms with Gasteiger partial charge in [0.15, 0.2) is 11.6 Å². The van der Waals surface area contributed by atoms with Crippen LogP contribution in [-0.4, -0.2) is 18.2 Å². The van der Waals surface area contributed by atoms with Gasteiger partial charge >= 0.3 is 0 Å². The van der Waals surface area contributed by atoms with E-state index >= 15 is 0 Å². The van der Waals surface area contributed by atoms with Gasteiger partial charge in [-0.15, -0.1) is 0 Å². The number of hydrogen-bond acceptors (Lipinski definition) is 5. The summed E-state index contributed by atoms with van der Waals surface area (Å²) in [5.41, 5.74) is 8.65. The third-order valence-corrected chi connectivity index (χ3v) is 3.93. The lowest BCUT2D eigenvalue weighted by Gasteiger charge is -2.22. The maximum absolute atomic E-state index is 12.7. The summed E-state index contributed by atoms with van der Waals surface area (Å²) in [6.07, 6.45) is 3.89. The molecule has 0 aromatic heterocycles. The van der Waals surface area contributed by atoms with Gasteiger partial charge in [-0.1, -0.05) is 24.3 Å². The van der Waals surface area contributed by atoms with E-state index in [4.69, 9.17) is 4.74 Å². The van der Waals surface area contributed by atoms with Crippen LogP contribution in [0.2, 0.25) is 0 Å². The average molecular weight is 310 g/mol. The quantitative estimate of drug-likeness (QED) is 0.895. The fraction of sp³-hybridized carbons (Fsp3) is 0.222. The molecule has 0 saturated carbocycles. The third kappa shape index (κ3) is 2.77. The Morgan fingerprint density at radius 2 is 1.78 bits per heavy atom. The zero-order valence-electron chi connectivity index (χ0n) is 13.1. The zero-order chi connectivity index (χ0) is 16.4. The van der Waals surface area contributed by atoms with Gasteiger partial charge in [-0.3, -0.25) is 9.59 Å². The highest BCUT2D eigenvalue weighted by molar-refractivity contribution is 6.26. The Balaban J connectivity index is 1.91. The normalized spacial score (nSPS) is 17.0. The molecule has 5 nitrogen and oxygen atoms in total. The lowest BCUT2D eigenvalue weighted by molar-refractivity contribution is 0.0972. The molecule has 23 heavy (non-hydrogen) atoms. The summed E-state index contributed by atoms with van der Waals surface area (Å²) in [5, 5.41) is 0. The van der Waals surface area contributed by atoms with Crippen molar-refractivity contribution in [3.63, 3.8) is 0 Å². The van der Waals surface area contributed by atoms with Crippen LogP contribution in [0.1, 0.15) is 41.0 Å². The van der Waals surface area contributed by atoms with E-state index in [-0.39, 0.29) is 11.6 Å². The fourth-order valence-corrected chi connectivity index (χ4v) is 2.75. The molecule has 1 aromatic rings.